The van der Waals surface area contributed by atoms with Gasteiger partial charge in [-0.3, -0.25) is 4.55 Å². The Morgan fingerprint density at radius 1 is 0.792 bits per heavy atom. The van der Waals surface area contributed by atoms with Crippen molar-refractivity contribution in [3.63, 3.8) is 0 Å². The Kier molecular flexibility index (Phi) is 3.92. The Hall–Kier alpha value is -2.97. The molecule has 0 radical (unpaired) electrons. The summed E-state index contributed by atoms with van der Waals surface area (Å²) in [6.07, 6.45) is 0. The normalized spacial score (nSPS) is 12.0. The van der Waals surface area contributed by atoms with E-state index in [1.165, 1.54) is 24.3 Å². The van der Waals surface area contributed by atoms with E-state index in [-0.39, 0.29) is 38.5 Å². The average molecular weight is 344 g/mol. The first-order valence-electron chi connectivity index (χ1n) is 6.80. The number of fused-ring (bicyclic) bond motifs is 1. The Bertz CT molecular complexity index is 1060. The maximum Gasteiger partial charge on any atom is 0.295 e. The molecule has 3 aromatic rings. The third-order valence-electron chi connectivity index (χ3n) is 3.38. The van der Waals surface area contributed by atoms with Crippen molar-refractivity contribution in [1.29, 1.82) is 0 Å². The van der Waals surface area contributed by atoms with E-state index in [1.807, 2.05) is 0 Å². The molecule has 0 heterocycles. The van der Waals surface area contributed by atoms with Crippen molar-refractivity contribution in [2.24, 2.45) is 10.2 Å². The van der Waals surface area contributed by atoms with Gasteiger partial charge in [0.25, 0.3) is 10.1 Å². The van der Waals surface area contributed by atoms with Gasteiger partial charge in [-0.25, -0.2) is 0 Å². The number of hydrogen-bond acceptors (Lipinski definition) is 6. The van der Waals surface area contributed by atoms with Gasteiger partial charge in [-0.15, -0.1) is 10.2 Å². The molecule has 0 aliphatic carbocycles. The van der Waals surface area contributed by atoms with Crippen LogP contribution in [0.15, 0.2) is 69.7 Å². The van der Waals surface area contributed by atoms with Gasteiger partial charge in [0.1, 0.15) is 22.0 Å². The molecule has 0 bridgehead atoms. The number of phenols is 2. The average Bonchev–Trinajstić information content (AvgIpc) is 2.54. The number of benzene rings is 3. The molecule has 7 nitrogen and oxygen atoms in total. The summed E-state index contributed by atoms with van der Waals surface area (Å²) < 4.78 is 32.6. The van der Waals surface area contributed by atoms with Gasteiger partial charge in [0.2, 0.25) is 0 Å². The maximum atomic E-state index is 11.6. The lowest BCUT2D eigenvalue weighted by atomic mass is 10.1. The van der Waals surface area contributed by atoms with Gasteiger partial charge in [-0.05, 0) is 18.2 Å². The van der Waals surface area contributed by atoms with Crippen LogP contribution < -0.4 is 0 Å². The molecule has 0 aromatic heterocycles. The van der Waals surface area contributed by atoms with Crippen LogP contribution in [0.2, 0.25) is 0 Å². The van der Waals surface area contributed by atoms with Gasteiger partial charge in [0, 0.05) is 10.8 Å². The molecule has 0 saturated carbocycles. The molecule has 0 amide bonds. The van der Waals surface area contributed by atoms with E-state index < -0.39 is 10.1 Å². The van der Waals surface area contributed by atoms with Gasteiger partial charge in [0.05, 0.1) is 0 Å². The highest BCUT2D eigenvalue weighted by Crippen LogP contribution is 2.40. The van der Waals surface area contributed by atoms with E-state index in [9.17, 15) is 23.2 Å². The van der Waals surface area contributed by atoms with Gasteiger partial charge < -0.3 is 10.2 Å². The summed E-state index contributed by atoms with van der Waals surface area (Å²) in [5, 5.41) is 27.9. The van der Waals surface area contributed by atoms with E-state index in [0.29, 0.717) is 0 Å². The fourth-order valence-corrected chi connectivity index (χ4v) is 2.98. The van der Waals surface area contributed by atoms with Crippen LogP contribution in [-0.2, 0) is 10.1 Å². The lowest BCUT2D eigenvalue weighted by molar-refractivity contribution is 0.475. The zero-order valence-corrected chi connectivity index (χ0v) is 13.0. The van der Waals surface area contributed by atoms with Crippen molar-refractivity contribution >= 4 is 32.3 Å². The Labute approximate surface area is 137 Å². The summed E-state index contributed by atoms with van der Waals surface area (Å²) in [5.74, 6) is -0.395. The summed E-state index contributed by atoms with van der Waals surface area (Å²) in [5.41, 5.74) is 0.00282. The third kappa shape index (κ3) is 2.92. The third-order valence-corrected chi connectivity index (χ3v) is 4.28. The van der Waals surface area contributed by atoms with E-state index in [1.54, 1.807) is 24.3 Å². The molecule has 0 fully saturated rings. The fraction of sp³-hybridized carbons (Fsp3) is 0. The van der Waals surface area contributed by atoms with Crippen LogP contribution in [0.25, 0.3) is 10.8 Å². The molecule has 24 heavy (non-hydrogen) atoms. The van der Waals surface area contributed by atoms with E-state index >= 15 is 0 Å². The number of phenolic OH excluding ortho intramolecular Hbond substituents is 2. The molecule has 0 aliphatic rings. The van der Waals surface area contributed by atoms with Crippen LogP contribution in [0.5, 0.6) is 11.5 Å². The second-order valence-electron chi connectivity index (χ2n) is 4.95. The Morgan fingerprint density at radius 3 is 2.04 bits per heavy atom. The predicted molar refractivity (Wildman–Crippen MR) is 87.7 cm³/mol. The summed E-state index contributed by atoms with van der Waals surface area (Å²) in [6, 6.07) is 13.3. The minimum atomic E-state index is -4.52. The lowest BCUT2D eigenvalue weighted by Gasteiger charge is -2.08. The first kappa shape index (κ1) is 15.9. The quantitative estimate of drug-likeness (QED) is 0.491. The zero-order valence-electron chi connectivity index (χ0n) is 12.2. The number of nitrogens with zero attached hydrogens (tertiary/aromatic N) is 2. The number of aromatic hydroxyl groups is 2. The second kappa shape index (κ2) is 5.91. The highest BCUT2D eigenvalue weighted by atomic mass is 32.2. The van der Waals surface area contributed by atoms with Gasteiger partial charge in [-0.2, -0.15) is 8.42 Å². The zero-order chi connectivity index (χ0) is 17.3. The van der Waals surface area contributed by atoms with E-state index in [0.717, 1.165) is 6.07 Å². The molecule has 3 aromatic carbocycles. The number of hydrogen-bond donors (Lipinski definition) is 3. The second-order valence-corrected chi connectivity index (χ2v) is 6.34. The molecule has 0 saturated heterocycles. The number of rotatable bonds is 3. The molecule has 122 valence electrons. The van der Waals surface area contributed by atoms with Crippen LogP contribution in [0.3, 0.4) is 0 Å². The monoisotopic (exact) mass is 344 g/mol. The first-order valence-corrected chi connectivity index (χ1v) is 8.24. The maximum absolute atomic E-state index is 11.6. The molecule has 3 rings (SSSR count). The van der Waals surface area contributed by atoms with Crippen LogP contribution in [-0.4, -0.2) is 23.2 Å². The minimum absolute atomic E-state index is 0.114. The summed E-state index contributed by atoms with van der Waals surface area (Å²) >= 11 is 0. The molecular weight excluding hydrogens is 332 g/mol. The van der Waals surface area contributed by atoms with Crippen LogP contribution in [0.4, 0.5) is 11.4 Å². The molecule has 0 unspecified atom stereocenters. The highest BCUT2D eigenvalue weighted by molar-refractivity contribution is 7.86. The number of azo groups is 1. The molecule has 3 N–H and O–H groups in total. The standard InChI is InChI=1S/C16H12N2O5S/c19-14-8-4-3-7-12(14)17-18-13-9-15(24(21,22)23)10-5-1-2-6-11(10)16(13)20/h1-9,19-20H,(H,21,22,23). The summed E-state index contributed by atoms with van der Waals surface area (Å²) in [4.78, 5) is -0.387. The van der Waals surface area contributed by atoms with Gasteiger partial charge >= 0.3 is 0 Å². The molecule has 8 heteroatoms. The summed E-state index contributed by atoms with van der Waals surface area (Å²) in [6.45, 7) is 0. The fourth-order valence-electron chi connectivity index (χ4n) is 2.26. The van der Waals surface area contributed by atoms with Crippen LogP contribution in [0.1, 0.15) is 0 Å². The topological polar surface area (TPSA) is 120 Å². The van der Waals surface area contributed by atoms with E-state index in [4.69, 9.17) is 0 Å². The summed E-state index contributed by atoms with van der Waals surface area (Å²) in [7, 11) is -4.52. The van der Waals surface area contributed by atoms with Crippen molar-refractivity contribution in [2.45, 2.75) is 4.90 Å². The van der Waals surface area contributed by atoms with Crippen LogP contribution in [0, 0.1) is 0 Å². The lowest BCUT2D eigenvalue weighted by Crippen LogP contribution is -1.99. The van der Waals surface area contributed by atoms with Gasteiger partial charge in [-0.1, -0.05) is 36.4 Å². The Balaban J connectivity index is 2.22. The molecule has 0 atom stereocenters. The smallest absolute Gasteiger partial charge is 0.295 e. The van der Waals surface area contributed by atoms with Crippen LogP contribution >= 0.6 is 0 Å². The predicted octanol–water partition coefficient (Wildman–Crippen LogP) is 3.91. The van der Waals surface area contributed by atoms with Crippen molar-refractivity contribution in [1.82, 2.24) is 0 Å². The first-order chi connectivity index (χ1) is 11.4. The van der Waals surface area contributed by atoms with Crippen molar-refractivity contribution in [3.8, 4) is 11.5 Å². The van der Waals surface area contributed by atoms with Crippen molar-refractivity contribution in [2.75, 3.05) is 0 Å². The Morgan fingerprint density at radius 2 is 1.38 bits per heavy atom. The molecule has 0 aliphatic heterocycles. The van der Waals surface area contributed by atoms with Crippen molar-refractivity contribution in [3.05, 3.63) is 54.6 Å². The highest BCUT2D eigenvalue weighted by Gasteiger charge is 2.19. The minimum Gasteiger partial charge on any atom is -0.506 e. The van der Waals surface area contributed by atoms with E-state index in [2.05, 4.69) is 10.2 Å². The largest absolute Gasteiger partial charge is 0.506 e. The molecule has 0 spiro atoms. The molecular formula is C16H12N2O5S. The van der Waals surface area contributed by atoms with Crippen molar-refractivity contribution < 1.29 is 23.2 Å². The SMILES string of the molecule is O=S(=O)(O)c1cc(N=Nc2ccccc2O)c(O)c2ccccc12. The number of para-hydroxylation sites is 1. The van der Waals surface area contributed by atoms with Gasteiger partial charge in [0.15, 0.2) is 5.75 Å².